The average Bonchev–Trinajstić information content (AvgIpc) is 3.17. The zero-order chi connectivity index (χ0) is 19.2. The fourth-order valence-corrected chi connectivity index (χ4v) is 2.49. The van der Waals surface area contributed by atoms with E-state index in [1.165, 1.54) is 12.5 Å². The molecular weight excluding hydrogens is 344 g/mol. The van der Waals surface area contributed by atoms with Crippen molar-refractivity contribution >= 4 is 11.8 Å². The van der Waals surface area contributed by atoms with E-state index in [0.717, 1.165) is 16.8 Å². The number of imidazole rings is 1. The maximum absolute atomic E-state index is 12.3. The molecule has 0 bridgehead atoms. The van der Waals surface area contributed by atoms with Crippen LogP contribution in [0.1, 0.15) is 21.6 Å². The van der Waals surface area contributed by atoms with Crippen molar-refractivity contribution in [3.05, 3.63) is 77.9 Å². The minimum atomic E-state index is -0.476. The zero-order valence-electron chi connectivity index (χ0n) is 15.1. The highest BCUT2D eigenvalue weighted by atomic mass is 16.5. The summed E-state index contributed by atoms with van der Waals surface area (Å²) in [5, 5.41) is 0. The number of aromatic nitrogens is 2. The number of aryl methyl sites for hydroxylation is 2. The minimum Gasteiger partial charge on any atom is -0.483 e. The Bertz CT molecular complexity index is 951. The fourth-order valence-electron chi connectivity index (χ4n) is 2.49. The summed E-state index contributed by atoms with van der Waals surface area (Å²) in [7, 11) is 0. The molecule has 0 saturated heterocycles. The lowest BCUT2D eigenvalue weighted by atomic mass is 10.1. The molecule has 7 nitrogen and oxygen atoms in total. The number of amides is 2. The highest BCUT2D eigenvalue weighted by Gasteiger charge is 2.14. The van der Waals surface area contributed by atoms with E-state index in [9.17, 15) is 9.59 Å². The van der Waals surface area contributed by atoms with E-state index in [0.29, 0.717) is 11.4 Å². The molecule has 0 aliphatic heterocycles. The topological polar surface area (TPSA) is 85.2 Å². The van der Waals surface area contributed by atoms with Gasteiger partial charge in [-0.25, -0.2) is 4.98 Å². The summed E-state index contributed by atoms with van der Waals surface area (Å²) in [6, 6.07) is 15.1. The van der Waals surface area contributed by atoms with Gasteiger partial charge in [-0.2, -0.15) is 0 Å². The van der Waals surface area contributed by atoms with Crippen molar-refractivity contribution in [2.24, 2.45) is 0 Å². The summed E-state index contributed by atoms with van der Waals surface area (Å²) in [4.78, 5) is 28.3. The molecule has 2 aromatic carbocycles. The lowest BCUT2D eigenvalue weighted by Gasteiger charge is -2.12. The Morgan fingerprint density at radius 3 is 2.63 bits per heavy atom. The Kier molecular flexibility index (Phi) is 5.51. The van der Waals surface area contributed by atoms with Crippen molar-refractivity contribution in [1.29, 1.82) is 0 Å². The van der Waals surface area contributed by atoms with Gasteiger partial charge in [0.2, 0.25) is 0 Å². The number of hydrogen-bond acceptors (Lipinski definition) is 4. The first-order chi connectivity index (χ1) is 13.0. The first-order valence-corrected chi connectivity index (χ1v) is 8.41. The van der Waals surface area contributed by atoms with Crippen LogP contribution in [0.4, 0.5) is 0 Å². The monoisotopic (exact) mass is 364 g/mol. The average molecular weight is 364 g/mol. The summed E-state index contributed by atoms with van der Waals surface area (Å²) in [5.41, 5.74) is 7.80. The van der Waals surface area contributed by atoms with E-state index in [2.05, 4.69) is 15.8 Å². The summed E-state index contributed by atoms with van der Waals surface area (Å²) < 4.78 is 7.15. The highest BCUT2D eigenvalue weighted by molar-refractivity contribution is 5.94. The van der Waals surface area contributed by atoms with Crippen molar-refractivity contribution in [2.45, 2.75) is 13.8 Å². The molecule has 138 valence electrons. The molecule has 0 unspecified atom stereocenters. The van der Waals surface area contributed by atoms with Gasteiger partial charge in [-0.1, -0.05) is 30.3 Å². The van der Waals surface area contributed by atoms with Crippen LogP contribution < -0.4 is 15.6 Å². The van der Waals surface area contributed by atoms with Gasteiger partial charge in [0, 0.05) is 5.69 Å². The zero-order valence-corrected chi connectivity index (χ0v) is 15.1. The van der Waals surface area contributed by atoms with Crippen molar-refractivity contribution < 1.29 is 14.3 Å². The van der Waals surface area contributed by atoms with Gasteiger partial charge in [0.1, 0.15) is 11.4 Å². The molecule has 1 heterocycles. The van der Waals surface area contributed by atoms with Crippen LogP contribution in [0.5, 0.6) is 5.75 Å². The predicted octanol–water partition coefficient (Wildman–Crippen LogP) is 2.33. The first-order valence-electron chi connectivity index (χ1n) is 8.41. The molecule has 0 saturated carbocycles. The molecule has 2 amide bonds. The van der Waals surface area contributed by atoms with Crippen LogP contribution in [0.25, 0.3) is 5.69 Å². The number of nitrogens with one attached hydrogen (secondary N) is 2. The molecule has 3 aromatic rings. The van der Waals surface area contributed by atoms with Gasteiger partial charge in [0.25, 0.3) is 11.8 Å². The molecule has 0 aliphatic carbocycles. The molecule has 3 rings (SSSR count). The summed E-state index contributed by atoms with van der Waals surface area (Å²) in [5.74, 6) is -0.301. The maximum Gasteiger partial charge on any atom is 0.288 e. The van der Waals surface area contributed by atoms with Gasteiger partial charge >= 0.3 is 0 Å². The third kappa shape index (κ3) is 4.52. The lowest BCUT2D eigenvalue weighted by Crippen LogP contribution is -2.44. The number of ether oxygens (including phenoxy) is 1. The van der Waals surface area contributed by atoms with Crippen molar-refractivity contribution in [3.8, 4) is 11.4 Å². The summed E-state index contributed by atoms with van der Waals surface area (Å²) in [6.45, 7) is 3.64. The van der Waals surface area contributed by atoms with Gasteiger partial charge in [-0.3, -0.25) is 25.0 Å². The van der Waals surface area contributed by atoms with E-state index < -0.39 is 11.8 Å². The molecule has 2 N–H and O–H groups in total. The van der Waals surface area contributed by atoms with Crippen LogP contribution in [0, 0.1) is 13.8 Å². The molecule has 0 radical (unpaired) electrons. The standard InChI is InChI=1S/C20H20N4O3/c1-14-8-9-15(2)18(10-14)27-12-19(25)22-23-20(26)17-11-21-13-24(17)16-6-4-3-5-7-16/h3-11,13H,12H2,1-2H3,(H,22,25)(H,23,26). The maximum atomic E-state index is 12.3. The third-order valence-electron chi connectivity index (χ3n) is 3.92. The SMILES string of the molecule is Cc1ccc(C)c(OCC(=O)NNC(=O)c2cncn2-c2ccccc2)c1. The smallest absolute Gasteiger partial charge is 0.288 e. The van der Waals surface area contributed by atoms with E-state index in [4.69, 9.17) is 4.74 Å². The Morgan fingerprint density at radius 1 is 1.07 bits per heavy atom. The second kappa shape index (κ2) is 8.18. The number of benzene rings is 2. The third-order valence-corrected chi connectivity index (χ3v) is 3.92. The van der Waals surface area contributed by atoms with Gasteiger partial charge in [0.05, 0.1) is 12.5 Å². The van der Waals surface area contributed by atoms with E-state index in [1.54, 1.807) is 4.57 Å². The first kappa shape index (κ1) is 18.2. The Labute approximate surface area is 157 Å². The molecular formula is C20H20N4O3. The molecule has 0 spiro atoms. The molecule has 1 aromatic heterocycles. The molecule has 27 heavy (non-hydrogen) atoms. The number of para-hydroxylation sites is 1. The van der Waals surface area contributed by atoms with Crippen LogP contribution >= 0.6 is 0 Å². The fraction of sp³-hybridized carbons (Fsp3) is 0.150. The highest BCUT2D eigenvalue weighted by Crippen LogP contribution is 2.18. The molecule has 0 fully saturated rings. The molecule has 7 heteroatoms. The van der Waals surface area contributed by atoms with Crippen LogP contribution in [0.2, 0.25) is 0 Å². The second-order valence-corrected chi connectivity index (χ2v) is 6.04. The van der Waals surface area contributed by atoms with Crippen molar-refractivity contribution in [1.82, 2.24) is 20.4 Å². The Balaban J connectivity index is 1.56. The largest absolute Gasteiger partial charge is 0.483 e. The van der Waals surface area contributed by atoms with Gasteiger partial charge in [-0.15, -0.1) is 0 Å². The van der Waals surface area contributed by atoms with Crippen LogP contribution in [0.3, 0.4) is 0 Å². The van der Waals surface area contributed by atoms with Crippen molar-refractivity contribution in [2.75, 3.05) is 6.61 Å². The number of nitrogens with zero attached hydrogens (tertiary/aromatic N) is 2. The summed E-state index contributed by atoms with van der Waals surface area (Å²) >= 11 is 0. The van der Waals surface area contributed by atoms with E-state index in [-0.39, 0.29) is 6.61 Å². The normalized spacial score (nSPS) is 10.3. The Morgan fingerprint density at radius 2 is 1.85 bits per heavy atom. The minimum absolute atomic E-state index is 0.206. The molecule has 0 atom stereocenters. The Hall–Kier alpha value is -3.61. The van der Waals surface area contributed by atoms with Crippen LogP contribution in [-0.4, -0.2) is 28.0 Å². The van der Waals surface area contributed by atoms with Gasteiger partial charge in [0.15, 0.2) is 6.61 Å². The number of carbonyl (C=O) groups is 2. The van der Waals surface area contributed by atoms with Crippen molar-refractivity contribution in [3.63, 3.8) is 0 Å². The summed E-state index contributed by atoms with van der Waals surface area (Å²) in [6.07, 6.45) is 2.97. The number of hydrogen-bond donors (Lipinski definition) is 2. The van der Waals surface area contributed by atoms with Crippen LogP contribution in [0.15, 0.2) is 61.1 Å². The van der Waals surface area contributed by atoms with Gasteiger partial charge in [-0.05, 0) is 43.2 Å². The predicted molar refractivity (Wildman–Crippen MR) is 101 cm³/mol. The van der Waals surface area contributed by atoms with Gasteiger partial charge < -0.3 is 4.74 Å². The number of hydrazine groups is 1. The lowest BCUT2D eigenvalue weighted by molar-refractivity contribution is -0.123. The molecule has 0 aliphatic rings. The second-order valence-electron chi connectivity index (χ2n) is 6.04. The number of rotatable bonds is 5. The van der Waals surface area contributed by atoms with E-state index in [1.807, 2.05) is 62.4 Å². The van der Waals surface area contributed by atoms with Crippen LogP contribution in [-0.2, 0) is 4.79 Å². The number of carbonyl (C=O) groups excluding carboxylic acids is 2. The quantitative estimate of drug-likeness (QED) is 0.681. The van der Waals surface area contributed by atoms with E-state index >= 15 is 0 Å².